The van der Waals surface area contributed by atoms with E-state index in [-0.39, 0.29) is 31.1 Å². The van der Waals surface area contributed by atoms with Gasteiger partial charge in [0.2, 0.25) is 0 Å². The lowest BCUT2D eigenvalue weighted by Crippen LogP contribution is -2.30. The molecule has 6 heteroatoms. The molecule has 0 fully saturated rings. The molecular weight excluding hydrogens is 721 g/mol. The highest BCUT2D eigenvalue weighted by Gasteiger charge is 2.19. The highest BCUT2D eigenvalue weighted by molar-refractivity contribution is 5.71. The van der Waals surface area contributed by atoms with Crippen molar-refractivity contribution < 1.29 is 28.6 Å². The van der Waals surface area contributed by atoms with Crippen LogP contribution in [0.4, 0.5) is 0 Å². The van der Waals surface area contributed by atoms with Crippen LogP contribution in [0.5, 0.6) is 0 Å². The van der Waals surface area contributed by atoms with E-state index < -0.39 is 6.10 Å². The fourth-order valence-electron chi connectivity index (χ4n) is 7.86. The minimum absolute atomic E-state index is 0.0630. The van der Waals surface area contributed by atoms with Crippen LogP contribution in [0.25, 0.3) is 0 Å². The van der Waals surface area contributed by atoms with Crippen LogP contribution in [-0.2, 0) is 28.6 Å². The third kappa shape index (κ3) is 45.5. The molecule has 1 atom stereocenters. The Morgan fingerprint density at radius 3 is 0.845 bits per heavy atom. The molecule has 0 saturated heterocycles. The van der Waals surface area contributed by atoms with Crippen molar-refractivity contribution >= 4 is 17.9 Å². The maximum absolute atomic E-state index is 12.7. The van der Waals surface area contributed by atoms with E-state index in [1.165, 1.54) is 186 Å². The van der Waals surface area contributed by atoms with E-state index in [0.29, 0.717) is 19.3 Å². The predicted octanol–water partition coefficient (Wildman–Crippen LogP) is 16.7. The summed E-state index contributed by atoms with van der Waals surface area (Å²) in [4.78, 5) is 37.9. The van der Waals surface area contributed by atoms with Crippen LogP contribution in [0.1, 0.15) is 291 Å². The lowest BCUT2D eigenvalue weighted by atomic mass is 10.0. The fraction of sp³-hybridized carbons (Fsp3) is 0.942. The third-order valence-corrected chi connectivity index (χ3v) is 11.8. The molecule has 0 radical (unpaired) electrons. The van der Waals surface area contributed by atoms with Crippen LogP contribution in [-0.4, -0.2) is 37.2 Å². The van der Waals surface area contributed by atoms with Crippen LogP contribution >= 0.6 is 0 Å². The molecule has 0 amide bonds. The number of ether oxygens (including phenoxy) is 3. The lowest BCUT2D eigenvalue weighted by molar-refractivity contribution is -0.167. The van der Waals surface area contributed by atoms with Gasteiger partial charge < -0.3 is 14.2 Å². The Bertz CT molecular complexity index is 872. The molecule has 0 N–H and O–H groups in total. The first-order valence-corrected chi connectivity index (χ1v) is 25.9. The fourth-order valence-corrected chi connectivity index (χ4v) is 7.86. The molecule has 0 aromatic heterocycles. The van der Waals surface area contributed by atoms with Gasteiger partial charge in [-0.05, 0) is 25.2 Å². The van der Waals surface area contributed by atoms with Gasteiger partial charge in [0, 0.05) is 19.3 Å². The second-order valence-electron chi connectivity index (χ2n) is 18.3. The topological polar surface area (TPSA) is 78.9 Å². The average molecular weight is 821 g/mol. The SMILES string of the molecule is CCCCCCCCCCCCCCCCCCCC(=O)OC[C@@H](COC(=O)CCCCCCCCCCCC(C)C)OC(=O)CCCCCCCCCCCCC. The second-order valence-corrected chi connectivity index (χ2v) is 18.3. The number of carbonyl (C=O) groups excluding carboxylic acids is 3. The Labute approximate surface area is 361 Å². The third-order valence-electron chi connectivity index (χ3n) is 11.8. The van der Waals surface area contributed by atoms with E-state index in [1.807, 2.05) is 0 Å². The molecule has 58 heavy (non-hydrogen) atoms. The maximum Gasteiger partial charge on any atom is 0.306 e. The zero-order chi connectivity index (χ0) is 42.4. The van der Waals surface area contributed by atoms with Gasteiger partial charge in [-0.2, -0.15) is 0 Å². The van der Waals surface area contributed by atoms with Crippen molar-refractivity contribution in [3.05, 3.63) is 0 Å². The molecule has 0 aliphatic heterocycles. The first-order chi connectivity index (χ1) is 28.4. The van der Waals surface area contributed by atoms with Crippen molar-refractivity contribution in [3.63, 3.8) is 0 Å². The van der Waals surface area contributed by atoms with E-state index in [1.54, 1.807) is 0 Å². The Morgan fingerprint density at radius 2 is 0.569 bits per heavy atom. The van der Waals surface area contributed by atoms with E-state index >= 15 is 0 Å². The number of carbonyl (C=O) groups is 3. The lowest BCUT2D eigenvalue weighted by Gasteiger charge is -2.18. The van der Waals surface area contributed by atoms with Crippen molar-refractivity contribution in [3.8, 4) is 0 Å². The summed E-state index contributed by atoms with van der Waals surface area (Å²) in [6.45, 7) is 9.00. The summed E-state index contributed by atoms with van der Waals surface area (Å²) in [5.41, 5.74) is 0. The Hall–Kier alpha value is -1.59. The van der Waals surface area contributed by atoms with Gasteiger partial charge in [-0.25, -0.2) is 0 Å². The largest absolute Gasteiger partial charge is 0.462 e. The van der Waals surface area contributed by atoms with Crippen LogP contribution in [0.3, 0.4) is 0 Å². The molecule has 0 rings (SSSR count). The Balaban J connectivity index is 4.26. The van der Waals surface area contributed by atoms with E-state index in [2.05, 4.69) is 27.7 Å². The smallest absolute Gasteiger partial charge is 0.306 e. The quantitative estimate of drug-likeness (QED) is 0.0346. The summed E-state index contributed by atoms with van der Waals surface area (Å²) in [5.74, 6) is -0.0378. The van der Waals surface area contributed by atoms with Gasteiger partial charge in [-0.3, -0.25) is 14.4 Å². The maximum atomic E-state index is 12.7. The Morgan fingerprint density at radius 1 is 0.328 bits per heavy atom. The van der Waals surface area contributed by atoms with Gasteiger partial charge in [0.15, 0.2) is 6.10 Å². The molecule has 0 heterocycles. The standard InChI is InChI=1S/C52H100O6/c1-5-7-9-11-13-15-17-18-19-20-21-22-24-27-31-35-39-43-50(53)56-46-49(58-52(55)45-41-37-33-28-23-16-14-12-10-8-6-2)47-57-51(54)44-40-36-32-29-25-26-30-34-38-42-48(3)4/h48-49H,5-47H2,1-4H3/t49-/m0/s1. The second kappa shape index (κ2) is 46.5. The summed E-state index contributed by atoms with van der Waals surface area (Å²) in [6.07, 6.45) is 48.0. The normalized spacial score (nSPS) is 11.9. The minimum Gasteiger partial charge on any atom is -0.462 e. The van der Waals surface area contributed by atoms with E-state index in [0.717, 1.165) is 63.7 Å². The minimum atomic E-state index is -0.760. The molecule has 0 aliphatic carbocycles. The molecule has 6 nitrogen and oxygen atoms in total. The van der Waals surface area contributed by atoms with Crippen molar-refractivity contribution in [1.29, 1.82) is 0 Å². The number of hydrogen-bond donors (Lipinski definition) is 0. The van der Waals surface area contributed by atoms with Gasteiger partial charge in [0.1, 0.15) is 13.2 Å². The molecule has 0 aromatic rings. The van der Waals surface area contributed by atoms with Gasteiger partial charge in [0.05, 0.1) is 0 Å². The monoisotopic (exact) mass is 821 g/mol. The average Bonchev–Trinajstić information content (AvgIpc) is 3.21. The molecule has 0 unspecified atom stereocenters. The molecule has 0 aliphatic rings. The molecule has 344 valence electrons. The van der Waals surface area contributed by atoms with Crippen LogP contribution < -0.4 is 0 Å². The summed E-state index contributed by atoms with van der Waals surface area (Å²) in [7, 11) is 0. The number of rotatable bonds is 47. The van der Waals surface area contributed by atoms with Gasteiger partial charge in [-0.1, -0.05) is 252 Å². The van der Waals surface area contributed by atoms with Gasteiger partial charge in [0.25, 0.3) is 0 Å². The zero-order valence-corrected chi connectivity index (χ0v) is 39.5. The predicted molar refractivity (Wildman–Crippen MR) is 247 cm³/mol. The number of unbranched alkanes of at least 4 members (excludes halogenated alkanes) is 34. The first-order valence-electron chi connectivity index (χ1n) is 25.9. The first kappa shape index (κ1) is 56.4. The van der Waals surface area contributed by atoms with Crippen LogP contribution in [0.15, 0.2) is 0 Å². The highest BCUT2D eigenvalue weighted by Crippen LogP contribution is 2.17. The molecule has 0 aromatic carbocycles. The summed E-state index contributed by atoms with van der Waals surface area (Å²) in [6, 6.07) is 0. The molecular formula is C52H100O6. The van der Waals surface area contributed by atoms with Crippen LogP contribution in [0.2, 0.25) is 0 Å². The van der Waals surface area contributed by atoms with E-state index in [4.69, 9.17) is 14.2 Å². The molecule has 0 spiro atoms. The van der Waals surface area contributed by atoms with Crippen molar-refractivity contribution in [1.82, 2.24) is 0 Å². The summed E-state index contributed by atoms with van der Waals surface area (Å²) >= 11 is 0. The zero-order valence-electron chi connectivity index (χ0n) is 39.5. The molecule has 0 bridgehead atoms. The van der Waals surface area contributed by atoms with Crippen molar-refractivity contribution in [2.24, 2.45) is 5.92 Å². The van der Waals surface area contributed by atoms with Gasteiger partial charge in [-0.15, -0.1) is 0 Å². The van der Waals surface area contributed by atoms with Crippen molar-refractivity contribution in [2.75, 3.05) is 13.2 Å². The number of esters is 3. The summed E-state index contributed by atoms with van der Waals surface area (Å²) in [5, 5.41) is 0. The Kier molecular flexibility index (Phi) is 45.2. The highest BCUT2D eigenvalue weighted by atomic mass is 16.6. The van der Waals surface area contributed by atoms with Gasteiger partial charge >= 0.3 is 17.9 Å². The number of hydrogen-bond acceptors (Lipinski definition) is 6. The summed E-state index contributed by atoms with van der Waals surface area (Å²) < 4.78 is 16.8. The van der Waals surface area contributed by atoms with Crippen molar-refractivity contribution in [2.45, 2.75) is 297 Å². The van der Waals surface area contributed by atoms with E-state index in [9.17, 15) is 14.4 Å². The van der Waals surface area contributed by atoms with Crippen LogP contribution in [0, 0.1) is 5.92 Å². The molecule has 0 saturated carbocycles.